The summed E-state index contributed by atoms with van der Waals surface area (Å²) in [5.74, 6) is 0.747. The molecule has 21 heavy (non-hydrogen) atoms. The fourth-order valence-corrected chi connectivity index (χ4v) is 3.07. The Morgan fingerprint density at radius 2 is 1.90 bits per heavy atom. The molecule has 6 heteroatoms. The Bertz CT molecular complexity index is 642. The number of non-ortho nitro benzene ring substituents is 1. The van der Waals surface area contributed by atoms with Gasteiger partial charge in [0.05, 0.1) is 12.0 Å². The Hall–Kier alpha value is -2.05. The van der Waals surface area contributed by atoms with E-state index in [1.165, 1.54) is 23.9 Å². The molecule has 0 saturated heterocycles. The van der Waals surface area contributed by atoms with E-state index < -0.39 is 4.92 Å². The minimum absolute atomic E-state index is 0.0809. The van der Waals surface area contributed by atoms with Crippen LogP contribution in [0.2, 0.25) is 0 Å². The number of rotatable bonds is 5. The summed E-state index contributed by atoms with van der Waals surface area (Å²) in [6.07, 6.45) is 0. The maximum atomic E-state index is 10.7. The predicted molar refractivity (Wildman–Crippen MR) is 82.8 cm³/mol. The summed E-state index contributed by atoms with van der Waals surface area (Å²) in [5.41, 5.74) is 7.04. The van der Waals surface area contributed by atoms with Gasteiger partial charge in [-0.3, -0.25) is 10.1 Å². The van der Waals surface area contributed by atoms with Crippen molar-refractivity contribution in [3.63, 3.8) is 0 Å². The van der Waals surface area contributed by atoms with Crippen LogP contribution in [-0.2, 0) is 0 Å². The van der Waals surface area contributed by atoms with Crippen molar-refractivity contribution in [2.75, 3.05) is 7.11 Å². The molecular formula is C15H16N2O3S. The van der Waals surface area contributed by atoms with Crippen molar-refractivity contribution in [1.82, 2.24) is 0 Å². The lowest BCUT2D eigenvalue weighted by Crippen LogP contribution is -2.08. The molecule has 1 unspecified atom stereocenters. The first-order valence-corrected chi connectivity index (χ1v) is 7.19. The van der Waals surface area contributed by atoms with Crippen LogP contribution in [0.3, 0.4) is 0 Å². The molecule has 0 saturated carbocycles. The topological polar surface area (TPSA) is 78.4 Å². The average molecular weight is 304 g/mol. The second-order valence-electron chi connectivity index (χ2n) is 4.51. The van der Waals surface area contributed by atoms with Gasteiger partial charge in [0, 0.05) is 33.5 Å². The van der Waals surface area contributed by atoms with Gasteiger partial charge in [-0.25, -0.2) is 0 Å². The predicted octanol–water partition coefficient (Wildman–Crippen LogP) is 3.77. The van der Waals surface area contributed by atoms with Crippen LogP contribution >= 0.6 is 11.8 Å². The van der Waals surface area contributed by atoms with Crippen molar-refractivity contribution < 1.29 is 9.66 Å². The molecule has 5 nitrogen and oxygen atoms in total. The minimum Gasteiger partial charge on any atom is -0.496 e. The number of benzene rings is 2. The Morgan fingerprint density at radius 1 is 1.24 bits per heavy atom. The van der Waals surface area contributed by atoms with Crippen molar-refractivity contribution in [3.05, 3.63) is 58.1 Å². The monoisotopic (exact) mass is 304 g/mol. The van der Waals surface area contributed by atoms with E-state index in [1.807, 2.05) is 25.1 Å². The molecule has 0 heterocycles. The zero-order valence-corrected chi connectivity index (χ0v) is 12.6. The van der Waals surface area contributed by atoms with Gasteiger partial charge in [0.2, 0.25) is 0 Å². The van der Waals surface area contributed by atoms with Crippen LogP contribution in [0.15, 0.2) is 52.3 Å². The Balaban J connectivity index is 2.33. The fourth-order valence-electron chi connectivity index (χ4n) is 2.00. The van der Waals surface area contributed by atoms with E-state index in [0.29, 0.717) is 0 Å². The van der Waals surface area contributed by atoms with Crippen molar-refractivity contribution >= 4 is 17.4 Å². The minimum atomic E-state index is -0.409. The van der Waals surface area contributed by atoms with Crippen LogP contribution in [0, 0.1) is 10.1 Å². The first kappa shape index (κ1) is 15.3. The number of hydrogen-bond donors (Lipinski definition) is 1. The highest BCUT2D eigenvalue weighted by Crippen LogP contribution is 2.38. The summed E-state index contributed by atoms with van der Waals surface area (Å²) >= 11 is 1.51. The van der Waals surface area contributed by atoms with Gasteiger partial charge < -0.3 is 10.5 Å². The summed E-state index contributed by atoms with van der Waals surface area (Å²) in [7, 11) is 1.61. The van der Waals surface area contributed by atoms with Gasteiger partial charge in [-0.05, 0) is 31.2 Å². The van der Waals surface area contributed by atoms with E-state index in [4.69, 9.17) is 10.5 Å². The summed E-state index contributed by atoms with van der Waals surface area (Å²) in [6.45, 7) is 1.90. The molecule has 0 amide bonds. The van der Waals surface area contributed by atoms with Gasteiger partial charge in [0.25, 0.3) is 5.69 Å². The van der Waals surface area contributed by atoms with E-state index in [9.17, 15) is 10.1 Å². The summed E-state index contributed by atoms with van der Waals surface area (Å²) in [4.78, 5) is 12.2. The maximum Gasteiger partial charge on any atom is 0.269 e. The SMILES string of the molecule is COc1cccc(Sc2ccc([N+](=O)[O-])cc2)c1C(C)N. The molecule has 0 aliphatic heterocycles. The summed E-state index contributed by atoms with van der Waals surface area (Å²) < 4.78 is 5.35. The van der Waals surface area contributed by atoms with Gasteiger partial charge in [-0.1, -0.05) is 17.8 Å². The number of nitro benzene ring substituents is 1. The van der Waals surface area contributed by atoms with Gasteiger partial charge >= 0.3 is 0 Å². The van der Waals surface area contributed by atoms with Crippen LogP contribution in [0.4, 0.5) is 5.69 Å². The number of hydrogen-bond acceptors (Lipinski definition) is 5. The van der Waals surface area contributed by atoms with Gasteiger partial charge in [0.15, 0.2) is 0 Å². The second-order valence-corrected chi connectivity index (χ2v) is 5.63. The molecule has 0 fully saturated rings. The number of nitro groups is 1. The maximum absolute atomic E-state index is 10.7. The number of nitrogens with zero attached hydrogens (tertiary/aromatic N) is 1. The zero-order chi connectivity index (χ0) is 15.4. The normalized spacial score (nSPS) is 12.0. The highest BCUT2D eigenvalue weighted by Gasteiger charge is 2.14. The average Bonchev–Trinajstić information content (AvgIpc) is 2.47. The first-order chi connectivity index (χ1) is 10.0. The highest BCUT2D eigenvalue weighted by atomic mass is 32.2. The molecule has 2 aromatic rings. The molecular weight excluding hydrogens is 288 g/mol. The number of nitrogens with two attached hydrogens (primary N) is 1. The van der Waals surface area contributed by atoms with E-state index >= 15 is 0 Å². The molecule has 2 rings (SSSR count). The molecule has 0 spiro atoms. The number of ether oxygens (including phenoxy) is 1. The van der Waals surface area contributed by atoms with Crippen molar-refractivity contribution in [2.24, 2.45) is 5.73 Å². The highest BCUT2D eigenvalue weighted by molar-refractivity contribution is 7.99. The van der Waals surface area contributed by atoms with Crippen molar-refractivity contribution in [3.8, 4) is 5.75 Å². The molecule has 0 bridgehead atoms. The third-order valence-corrected chi connectivity index (χ3v) is 4.06. The first-order valence-electron chi connectivity index (χ1n) is 6.37. The zero-order valence-electron chi connectivity index (χ0n) is 11.8. The van der Waals surface area contributed by atoms with Crippen LogP contribution in [0.25, 0.3) is 0 Å². The van der Waals surface area contributed by atoms with Crippen molar-refractivity contribution in [1.29, 1.82) is 0 Å². The van der Waals surface area contributed by atoms with E-state index in [0.717, 1.165) is 21.1 Å². The van der Waals surface area contributed by atoms with Crippen LogP contribution in [0.1, 0.15) is 18.5 Å². The van der Waals surface area contributed by atoms with Crippen LogP contribution in [-0.4, -0.2) is 12.0 Å². The van der Waals surface area contributed by atoms with Gasteiger partial charge in [-0.15, -0.1) is 0 Å². The lowest BCUT2D eigenvalue weighted by Gasteiger charge is -2.16. The fraction of sp³-hybridized carbons (Fsp3) is 0.200. The van der Waals surface area contributed by atoms with Crippen molar-refractivity contribution in [2.45, 2.75) is 22.8 Å². The lowest BCUT2D eigenvalue weighted by atomic mass is 10.1. The van der Waals surface area contributed by atoms with Crippen LogP contribution in [0.5, 0.6) is 5.75 Å². The summed E-state index contributed by atoms with van der Waals surface area (Å²) in [5, 5.41) is 10.7. The molecule has 0 aromatic heterocycles. The molecule has 0 radical (unpaired) electrons. The molecule has 0 aliphatic carbocycles. The Labute approximate surface area is 127 Å². The third kappa shape index (κ3) is 3.53. The van der Waals surface area contributed by atoms with E-state index in [2.05, 4.69) is 0 Å². The lowest BCUT2D eigenvalue weighted by molar-refractivity contribution is -0.384. The second kappa shape index (κ2) is 6.60. The Morgan fingerprint density at radius 3 is 2.43 bits per heavy atom. The molecule has 1 atom stereocenters. The standard InChI is InChI=1S/C15H16N2O3S/c1-10(16)15-13(20-2)4-3-5-14(15)21-12-8-6-11(7-9-12)17(18)19/h3-10H,16H2,1-2H3. The van der Waals surface area contributed by atoms with Gasteiger partial charge in [-0.2, -0.15) is 0 Å². The third-order valence-electron chi connectivity index (χ3n) is 2.98. The van der Waals surface area contributed by atoms with E-state index in [1.54, 1.807) is 19.2 Å². The van der Waals surface area contributed by atoms with Gasteiger partial charge in [0.1, 0.15) is 5.75 Å². The molecule has 110 valence electrons. The Kier molecular flexibility index (Phi) is 4.82. The largest absolute Gasteiger partial charge is 0.496 e. The molecule has 0 aliphatic rings. The summed E-state index contributed by atoms with van der Waals surface area (Å²) in [6, 6.07) is 12.0. The molecule has 2 N–H and O–H groups in total. The smallest absolute Gasteiger partial charge is 0.269 e. The van der Waals surface area contributed by atoms with Crippen LogP contribution < -0.4 is 10.5 Å². The quantitative estimate of drug-likeness (QED) is 0.672. The number of methoxy groups -OCH3 is 1. The molecule has 2 aromatic carbocycles. The van der Waals surface area contributed by atoms with E-state index in [-0.39, 0.29) is 11.7 Å².